The minimum Gasteiger partial charge on any atom is -0.374 e. The smallest absolute Gasteiger partial charge is 0.0837 e. The molecule has 1 unspecified atom stereocenters. The molecule has 0 saturated heterocycles. The quantitative estimate of drug-likeness (QED) is 0.746. The van der Waals surface area contributed by atoms with Crippen molar-refractivity contribution in [3.05, 3.63) is 0 Å². The molecule has 1 N–H and O–H groups in total. The molecule has 106 valence electrons. The number of nitrogens with one attached hydrogen (secondary N) is 1. The number of hydrogen-bond donors (Lipinski definition) is 1. The summed E-state index contributed by atoms with van der Waals surface area (Å²) >= 11 is 0. The highest BCUT2D eigenvalue weighted by atomic mass is 16.5. The van der Waals surface area contributed by atoms with Crippen molar-refractivity contribution in [2.45, 2.75) is 77.4 Å². The van der Waals surface area contributed by atoms with Crippen LogP contribution in [0.4, 0.5) is 0 Å². The van der Waals surface area contributed by atoms with Crippen molar-refractivity contribution in [2.24, 2.45) is 11.8 Å². The maximum absolute atomic E-state index is 6.32. The van der Waals surface area contributed by atoms with Gasteiger partial charge in [-0.3, -0.25) is 0 Å². The highest BCUT2D eigenvalue weighted by molar-refractivity contribution is 5.03. The highest BCUT2D eigenvalue weighted by Crippen LogP contribution is 2.45. The van der Waals surface area contributed by atoms with Crippen molar-refractivity contribution in [1.82, 2.24) is 5.32 Å². The first-order valence-electron chi connectivity index (χ1n) is 8.09. The molecule has 2 saturated carbocycles. The fourth-order valence-electron chi connectivity index (χ4n) is 3.59. The number of ether oxygens (including phenoxy) is 1. The molecule has 2 aliphatic carbocycles. The molecule has 0 spiro atoms. The second-order valence-corrected chi connectivity index (χ2v) is 6.45. The summed E-state index contributed by atoms with van der Waals surface area (Å²) < 4.78 is 6.32. The molecule has 2 heteroatoms. The van der Waals surface area contributed by atoms with Gasteiger partial charge in [0.05, 0.1) is 5.60 Å². The minimum atomic E-state index is 0.150. The molecule has 0 bridgehead atoms. The van der Waals surface area contributed by atoms with Crippen LogP contribution in [-0.4, -0.2) is 24.8 Å². The third-order valence-electron chi connectivity index (χ3n) is 4.83. The Morgan fingerprint density at radius 1 is 1.17 bits per heavy atom. The van der Waals surface area contributed by atoms with Gasteiger partial charge in [-0.1, -0.05) is 13.8 Å². The van der Waals surface area contributed by atoms with Crippen LogP contribution in [0.25, 0.3) is 0 Å². The van der Waals surface area contributed by atoms with Gasteiger partial charge in [-0.05, 0) is 70.3 Å². The van der Waals surface area contributed by atoms with E-state index in [4.69, 9.17) is 4.74 Å². The van der Waals surface area contributed by atoms with Gasteiger partial charge < -0.3 is 10.1 Å². The van der Waals surface area contributed by atoms with Gasteiger partial charge in [-0.2, -0.15) is 0 Å². The molecule has 2 fully saturated rings. The fourth-order valence-corrected chi connectivity index (χ4v) is 3.59. The monoisotopic (exact) mass is 253 g/mol. The van der Waals surface area contributed by atoms with E-state index in [2.05, 4.69) is 26.1 Å². The SMILES string of the molecule is CCCNC(C1CC1)C1(OCC)CCC(C)CC1. The van der Waals surface area contributed by atoms with Crippen LogP contribution in [0, 0.1) is 11.8 Å². The fraction of sp³-hybridized carbons (Fsp3) is 1.00. The zero-order valence-corrected chi connectivity index (χ0v) is 12.5. The van der Waals surface area contributed by atoms with Crippen molar-refractivity contribution in [3.63, 3.8) is 0 Å². The third kappa shape index (κ3) is 3.27. The zero-order chi connectivity index (χ0) is 13.0. The first kappa shape index (κ1) is 14.3. The lowest BCUT2D eigenvalue weighted by atomic mass is 9.73. The van der Waals surface area contributed by atoms with Gasteiger partial charge in [0.1, 0.15) is 0 Å². The summed E-state index contributed by atoms with van der Waals surface area (Å²) in [4.78, 5) is 0. The summed E-state index contributed by atoms with van der Waals surface area (Å²) in [5.74, 6) is 1.78. The Bertz CT molecular complexity index is 241. The maximum atomic E-state index is 6.32. The average Bonchev–Trinajstić information content (AvgIpc) is 3.18. The van der Waals surface area contributed by atoms with Crippen LogP contribution in [0.5, 0.6) is 0 Å². The third-order valence-corrected chi connectivity index (χ3v) is 4.83. The maximum Gasteiger partial charge on any atom is 0.0837 e. The van der Waals surface area contributed by atoms with Gasteiger partial charge >= 0.3 is 0 Å². The summed E-state index contributed by atoms with van der Waals surface area (Å²) in [7, 11) is 0. The van der Waals surface area contributed by atoms with E-state index in [0.717, 1.165) is 25.0 Å². The zero-order valence-electron chi connectivity index (χ0n) is 12.5. The summed E-state index contributed by atoms with van der Waals surface area (Å²) in [6.45, 7) is 8.81. The van der Waals surface area contributed by atoms with Gasteiger partial charge in [0.15, 0.2) is 0 Å². The van der Waals surface area contributed by atoms with Crippen molar-refractivity contribution in [3.8, 4) is 0 Å². The molecule has 0 aromatic rings. The van der Waals surface area contributed by atoms with E-state index in [1.165, 1.54) is 44.9 Å². The molecule has 0 amide bonds. The van der Waals surface area contributed by atoms with Crippen LogP contribution >= 0.6 is 0 Å². The van der Waals surface area contributed by atoms with E-state index in [1.807, 2.05) is 0 Å². The molecule has 2 rings (SSSR count). The van der Waals surface area contributed by atoms with Gasteiger partial charge in [0.25, 0.3) is 0 Å². The molecule has 2 nitrogen and oxygen atoms in total. The minimum absolute atomic E-state index is 0.150. The number of hydrogen-bond acceptors (Lipinski definition) is 2. The largest absolute Gasteiger partial charge is 0.374 e. The second kappa shape index (κ2) is 6.38. The van der Waals surface area contributed by atoms with Crippen LogP contribution in [0.3, 0.4) is 0 Å². The summed E-state index contributed by atoms with van der Waals surface area (Å²) in [5.41, 5.74) is 0.150. The molecule has 0 aromatic carbocycles. The van der Waals surface area contributed by atoms with E-state index in [1.54, 1.807) is 0 Å². The molecular weight excluding hydrogens is 222 g/mol. The van der Waals surface area contributed by atoms with Crippen LogP contribution in [0.15, 0.2) is 0 Å². The lowest BCUT2D eigenvalue weighted by Crippen LogP contribution is -2.55. The topological polar surface area (TPSA) is 21.3 Å². The Morgan fingerprint density at radius 3 is 2.33 bits per heavy atom. The lowest BCUT2D eigenvalue weighted by molar-refractivity contribution is -0.101. The summed E-state index contributed by atoms with van der Waals surface area (Å²) in [5, 5.41) is 3.82. The van der Waals surface area contributed by atoms with Crippen molar-refractivity contribution < 1.29 is 4.74 Å². The number of rotatable bonds is 7. The standard InChI is InChI=1S/C16H31NO/c1-4-12-17-15(14-6-7-14)16(18-5-2)10-8-13(3)9-11-16/h13-15,17H,4-12H2,1-3H3. The van der Waals surface area contributed by atoms with E-state index >= 15 is 0 Å². The average molecular weight is 253 g/mol. The normalized spacial score (nSPS) is 34.5. The van der Waals surface area contributed by atoms with Gasteiger partial charge in [0, 0.05) is 12.6 Å². The van der Waals surface area contributed by atoms with Crippen LogP contribution in [0.2, 0.25) is 0 Å². The Labute approximate surface area is 113 Å². The van der Waals surface area contributed by atoms with Crippen molar-refractivity contribution >= 4 is 0 Å². The summed E-state index contributed by atoms with van der Waals surface area (Å²) in [6.07, 6.45) is 9.26. The molecule has 0 aromatic heterocycles. The molecule has 18 heavy (non-hydrogen) atoms. The first-order chi connectivity index (χ1) is 8.72. The highest BCUT2D eigenvalue weighted by Gasteiger charge is 2.48. The Balaban J connectivity index is 2.05. The Morgan fingerprint density at radius 2 is 1.83 bits per heavy atom. The Kier molecular flexibility index (Phi) is 5.08. The molecular formula is C16H31NO. The van der Waals surface area contributed by atoms with Crippen LogP contribution < -0.4 is 5.32 Å². The van der Waals surface area contributed by atoms with E-state index in [9.17, 15) is 0 Å². The molecule has 1 atom stereocenters. The van der Waals surface area contributed by atoms with E-state index < -0.39 is 0 Å². The second-order valence-electron chi connectivity index (χ2n) is 6.45. The predicted molar refractivity (Wildman–Crippen MR) is 76.8 cm³/mol. The van der Waals surface area contributed by atoms with Gasteiger partial charge in [-0.15, -0.1) is 0 Å². The molecule has 2 aliphatic rings. The Hall–Kier alpha value is -0.0800. The predicted octanol–water partition coefficient (Wildman–Crippen LogP) is 3.75. The lowest BCUT2D eigenvalue weighted by Gasteiger charge is -2.45. The van der Waals surface area contributed by atoms with Gasteiger partial charge in [-0.25, -0.2) is 0 Å². The molecule has 0 radical (unpaired) electrons. The van der Waals surface area contributed by atoms with Crippen LogP contribution in [-0.2, 0) is 4.74 Å². The van der Waals surface area contributed by atoms with E-state index in [-0.39, 0.29) is 5.60 Å². The molecule has 0 aliphatic heterocycles. The first-order valence-corrected chi connectivity index (χ1v) is 8.09. The van der Waals surface area contributed by atoms with Crippen molar-refractivity contribution in [2.75, 3.05) is 13.2 Å². The van der Waals surface area contributed by atoms with E-state index in [0.29, 0.717) is 6.04 Å². The molecule has 0 heterocycles. The van der Waals surface area contributed by atoms with Crippen LogP contribution in [0.1, 0.15) is 65.7 Å². The summed E-state index contributed by atoms with van der Waals surface area (Å²) in [6, 6.07) is 0.616. The van der Waals surface area contributed by atoms with Gasteiger partial charge in [0.2, 0.25) is 0 Å². The van der Waals surface area contributed by atoms with Crippen molar-refractivity contribution in [1.29, 1.82) is 0 Å².